The molecule has 1 aliphatic rings. The molecule has 2 rings (SSSR count). The van der Waals surface area contributed by atoms with Crippen LogP contribution in [0.25, 0.3) is 0 Å². The minimum atomic E-state index is 0.230. The molecular formula is C16H20BrNO2. The van der Waals surface area contributed by atoms with Gasteiger partial charge in [0, 0.05) is 16.8 Å². The van der Waals surface area contributed by atoms with Gasteiger partial charge in [0.05, 0.1) is 25.3 Å². The normalized spacial score (nSPS) is 17.2. The fourth-order valence-corrected chi connectivity index (χ4v) is 3.41. The van der Waals surface area contributed by atoms with Crippen molar-refractivity contribution in [2.24, 2.45) is 5.41 Å². The van der Waals surface area contributed by atoms with E-state index in [1.165, 1.54) is 32.1 Å². The number of hydrogen-bond donors (Lipinski definition) is 0. The summed E-state index contributed by atoms with van der Waals surface area (Å²) >= 11 is 3.64. The van der Waals surface area contributed by atoms with Crippen LogP contribution in [0.2, 0.25) is 0 Å². The lowest BCUT2D eigenvalue weighted by Crippen LogP contribution is -2.32. The summed E-state index contributed by atoms with van der Waals surface area (Å²) in [5, 5.41) is 9.99. The molecule has 1 fully saturated rings. The fraction of sp³-hybridized carbons (Fsp3) is 0.562. The van der Waals surface area contributed by atoms with Gasteiger partial charge in [-0.1, -0.05) is 35.2 Å². The van der Waals surface area contributed by atoms with E-state index in [0.717, 1.165) is 5.33 Å². The standard InChI is InChI=1S/C16H20BrNO2/c1-19-14-7-13(10-18)8-15(9-14)20-12-16(11-17)5-3-2-4-6-16/h7-9H,2-6,11-12H2,1H3. The van der Waals surface area contributed by atoms with E-state index in [9.17, 15) is 0 Å². The predicted molar refractivity (Wildman–Crippen MR) is 82.5 cm³/mol. The Balaban J connectivity index is 2.07. The van der Waals surface area contributed by atoms with Crippen LogP contribution in [0.5, 0.6) is 11.5 Å². The average Bonchev–Trinajstić information content (AvgIpc) is 2.53. The highest BCUT2D eigenvalue weighted by atomic mass is 79.9. The van der Waals surface area contributed by atoms with Crippen molar-refractivity contribution in [3.63, 3.8) is 0 Å². The maximum Gasteiger partial charge on any atom is 0.124 e. The third kappa shape index (κ3) is 3.67. The molecule has 0 unspecified atom stereocenters. The first-order valence-corrected chi connectivity index (χ1v) is 8.11. The average molecular weight is 338 g/mol. The predicted octanol–water partition coefficient (Wildman–Crippen LogP) is 4.29. The number of rotatable bonds is 5. The lowest BCUT2D eigenvalue weighted by molar-refractivity contribution is 0.121. The van der Waals surface area contributed by atoms with Crippen LogP contribution in [0.15, 0.2) is 18.2 Å². The zero-order valence-corrected chi connectivity index (χ0v) is 13.4. The van der Waals surface area contributed by atoms with Crippen LogP contribution in [0.1, 0.15) is 37.7 Å². The Labute approximate surface area is 129 Å². The molecule has 0 heterocycles. The molecule has 1 aliphatic carbocycles. The molecule has 4 heteroatoms. The Morgan fingerprint density at radius 1 is 1.20 bits per heavy atom. The van der Waals surface area contributed by atoms with Gasteiger partial charge in [0.25, 0.3) is 0 Å². The largest absolute Gasteiger partial charge is 0.497 e. The number of halogens is 1. The number of benzene rings is 1. The maximum atomic E-state index is 9.03. The van der Waals surface area contributed by atoms with Crippen molar-refractivity contribution >= 4 is 15.9 Å². The number of nitrogens with zero attached hydrogens (tertiary/aromatic N) is 1. The third-order valence-electron chi connectivity index (χ3n) is 3.99. The summed E-state index contributed by atoms with van der Waals surface area (Å²) in [4.78, 5) is 0. The fourth-order valence-electron chi connectivity index (χ4n) is 2.69. The molecule has 20 heavy (non-hydrogen) atoms. The molecular weight excluding hydrogens is 318 g/mol. The number of ether oxygens (including phenoxy) is 2. The Kier molecular flexibility index (Phi) is 5.31. The van der Waals surface area contributed by atoms with Crippen molar-refractivity contribution in [1.82, 2.24) is 0 Å². The molecule has 0 aliphatic heterocycles. The van der Waals surface area contributed by atoms with E-state index in [0.29, 0.717) is 23.7 Å². The monoisotopic (exact) mass is 337 g/mol. The van der Waals surface area contributed by atoms with Crippen molar-refractivity contribution in [2.45, 2.75) is 32.1 Å². The van der Waals surface area contributed by atoms with Crippen molar-refractivity contribution in [3.05, 3.63) is 23.8 Å². The highest BCUT2D eigenvalue weighted by Crippen LogP contribution is 2.38. The summed E-state index contributed by atoms with van der Waals surface area (Å²) in [5.74, 6) is 1.38. The zero-order chi connectivity index (χ0) is 14.4. The van der Waals surface area contributed by atoms with Gasteiger partial charge < -0.3 is 9.47 Å². The Bertz CT molecular complexity index is 490. The van der Waals surface area contributed by atoms with Gasteiger partial charge in [-0.05, 0) is 25.0 Å². The topological polar surface area (TPSA) is 42.2 Å². The highest BCUT2D eigenvalue weighted by Gasteiger charge is 2.31. The van der Waals surface area contributed by atoms with Gasteiger partial charge in [0.15, 0.2) is 0 Å². The molecule has 0 atom stereocenters. The Morgan fingerprint density at radius 2 is 1.90 bits per heavy atom. The molecule has 108 valence electrons. The quantitative estimate of drug-likeness (QED) is 0.752. The molecule has 3 nitrogen and oxygen atoms in total. The number of hydrogen-bond acceptors (Lipinski definition) is 3. The van der Waals surface area contributed by atoms with Gasteiger partial charge in [0.1, 0.15) is 11.5 Å². The van der Waals surface area contributed by atoms with E-state index < -0.39 is 0 Å². The molecule has 0 spiro atoms. The van der Waals surface area contributed by atoms with Crippen molar-refractivity contribution in [2.75, 3.05) is 19.0 Å². The van der Waals surface area contributed by atoms with Gasteiger partial charge >= 0.3 is 0 Å². The zero-order valence-electron chi connectivity index (χ0n) is 11.8. The van der Waals surface area contributed by atoms with Gasteiger partial charge in [-0.15, -0.1) is 0 Å². The lowest BCUT2D eigenvalue weighted by Gasteiger charge is -2.35. The van der Waals surface area contributed by atoms with E-state index in [1.54, 1.807) is 19.2 Å². The van der Waals surface area contributed by atoms with E-state index in [-0.39, 0.29) is 5.41 Å². The molecule has 0 N–H and O–H groups in total. The molecule has 0 radical (unpaired) electrons. The molecule has 0 saturated heterocycles. The summed E-state index contributed by atoms with van der Waals surface area (Å²) in [6.07, 6.45) is 6.28. The summed E-state index contributed by atoms with van der Waals surface area (Å²) in [6, 6.07) is 7.46. The summed E-state index contributed by atoms with van der Waals surface area (Å²) in [7, 11) is 1.60. The summed E-state index contributed by atoms with van der Waals surface area (Å²) in [5.41, 5.74) is 0.796. The smallest absolute Gasteiger partial charge is 0.124 e. The minimum Gasteiger partial charge on any atom is -0.497 e. The van der Waals surface area contributed by atoms with Gasteiger partial charge in [-0.3, -0.25) is 0 Å². The van der Waals surface area contributed by atoms with Crippen LogP contribution in [-0.2, 0) is 0 Å². The Hall–Kier alpha value is -1.21. The highest BCUT2D eigenvalue weighted by molar-refractivity contribution is 9.09. The van der Waals surface area contributed by atoms with E-state index in [4.69, 9.17) is 14.7 Å². The van der Waals surface area contributed by atoms with Crippen molar-refractivity contribution in [1.29, 1.82) is 5.26 Å². The SMILES string of the molecule is COc1cc(C#N)cc(OCC2(CBr)CCCCC2)c1. The van der Waals surface area contributed by atoms with Gasteiger partial charge in [0.2, 0.25) is 0 Å². The maximum absolute atomic E-state index is 9.03. The van der Waals surface area contributed by atoms with E-state index in [1.807, 2.05) is 6.07 Å². The van der Waals surface area contributed by atoms with Crippen molar-refractivity contribution in [3.8, 4) is 17.6 Å². The molecule has 0 aromatic heterocycles. The van der Waals surface area contributed by atoms with Crippen molar-refractivity contribution < 1.29 is 9.47 Å². The number of alkyl halides is 1. The number of methoxy groups -OCH3 is 1. The second-order valence-corrected chi connectivity index (χ2v) is 6.05. The molecule has 0 amide bonds. The second kappa shape index (κ2) is 6.99. The van der Waals surface area contributed by atoms with Crippen LogP contribution in [0.3, 0.4) is 0 Å². The van der Waals surface area contributed by atoms with Crippen LogP contribution < -0.4 is 9.47 Å². The molecule has 1 aromatic rings. The first kappa shape index (κ1) is 15.2. The van der Waals surface area contributed by atoms with Crippen LogP contribution in [0, 0.1) is 16.7 Å². The first-order valence-electron chi connectivity index (χ1n) is 6.99. The van der Waals surface area contributed by atoms with Crippen LogP contribution >= 0.6 is 15.9 Å². The Morgan fingerprint density at radius 3 is 2.50 bits per heavy atom. The first-order chi connectivity index (χ1) is 9.71. The van der Waals surface area contributed by atoms with Gasteiger partial charge in [-0.25, -0.2) is 0 Å². The molecule has 0 bridgehead atoms. The van der Waals surface area contributed by atoms with Crippen LogP contribution in [0.4, 0.5) is 0 Å². The summed E-state index contributed by atoms with van der Waals surface area (Å²) < 4.78 is 11.2. The number of nitriles is 1. The summed E-state index contributed by atoms with van der Waals surface area (Å²) in [6.45, 7) is 0.691. The lowest BCUT2D eigenvalue weighted by atomic mass is 9.76. The molecule has 1 saturated carbocycles. The molecule has 1 aromatic carbocycles. The minimum absolute atomic E-state index is 0.230. The van der Waals surface area contributed by atoms with E-state index in [2.05, 4.69) is 22.0 Å². The third-order valence-corrected chi connectivity index (χ3v) is 5.18. The van der Waals surface area contributed by atoms with Gasteiger partial charge in [-0.2, -0.15) is 5.26 Å². The second-order valence-electron chi connectivity index (χ2n) is 5.49. The van der Waals surface area contributed by atoms with E-state index >= 15 is 0 Å². The van der Waals surface area contributed by atoms with Crippen LogP contribution in [-0.4, -0.2) is 19.0 Å².